The topological polar surface area (TPSA) is 40.3 Å². The van der Waals surface area contributed by atoms with Crippen LogP contribution in [0.25, 0.3) is 10.9 Å². The molecule has 0 bridgehead atoms. The molecule has 25 heavy (non-hydrogen) atoms. The van der Waals surface area contributed by atoms with E-state index < -0.39 is 0 Å². The van der Waals surface area contributed by atoms with Gasteiger partial charge in [-0.15, -0.1) is 0 Å². The number of methoxy groups -OCH3 is 1. The Hall–Kier alpha value is -2.53. The molecule has 3 rings (SSSR count). The summed E-state index contributed by atoms with van der Waals surface area (Å²) in [6.07, 6.45) is 2.07. The Morgan fingerprint density at radius 1 is 1.16 bits per heavy atom. The van der Waals surface area contributed by atoms with E-state index in [9.17, 15) is 0 Å². The number of benzene rings is 2. The molecule has 130 valence electrons. The highest BCUT2D eigenvalue weighted by Crippen LogP contribution is 2.21. The Morgan fingerprint density at radius 2 is 1.88 bits per heavy atom. The highest BCUT2D eigenvalue weighted by Gasteiger charge is 2.16. The minimum Gasteiger partial charge on any atom is -0.497 e. The predicted octanol–water partition coefficient (Wildman–Crippen LogP) is 4.78. The summed E-state index contributed by atoms with van der Waals surface area (Å²) >= 11 is 5.66. The molecule has 0 aliphatic rings. The third kappa shape index (κ3) is 3.94. The van der Waals surface area contributed by atoms with Crippen molar-refractivity contribution in [3.63, 3.8) is 0 Å². The summed E-state index contributed by atoms with van der Waals surface area (Å²) in [5, 5.41) is 5.28. The van der Waals surface area contributed by atoms with Gasteiger partial charge in [0.15, 0.2) is 5.11 Å². The van der Waals surface area contributed by atoms with Crippen LogP contribution in [-0.4, -0.2) is 28.1 Å². The van der Waals surface area contributed by atoms with Crippen LogP contribution in [0.4, 0.5) is 5.69 Å². The highest BCUT2D eigenvalue weighted by molar-refractivity contribution is 7.80. The number of nitrogens with one attached hydrogen (secondary N) is 2. The molecule has 0 aliphatic heterocycles. The Bertz CT molecular complexity index is 855. The zero-order chi connectivity index (χ0) is 17.8. The molecule has 0 fully saturated rings. The number of H-pyrrole nitrogens is 1. The minimum atomic E-state index is 0.284. The zero-order valence-electron chi connectivity index (χ0n) is 14.7. The van der Waals surface area contributed by atoms with Crippen LogP contribution in [0.1, 0.15) is 19.4 Å². The molecule has 1 heterocycles. The number of aromatic amines is 1. The van der Waals surface area contributed by atoms with Crippen molar-refractivity contribution in [3.05, 3.63) is 60.3 Å². The average molecular weight is 353 g/mol. The Morgan fingerprint density at radius 3 is 2.56 bits per heavy atom. The maximum atomic E-state index is 5.66. The quantitative estimate of drug-likeness (QED) is 0.648. The molecule has 0 spiro atoms. The van der Waals surface area contributed by atoms with Crippen molar-refractivity contribution in [1.29, 1.82) is 0 Å². The predicted molar refractivity (Wildman–Crippen MR) is 108 cm³/mol. The van der Waals surface area contributed by atoms with E-state index in [0.717, 1.165) is 23.5 Å². The van der Waals surface area contributed by atoms with Gasteiger partial charge in [0.2, 0.25) is 0 Å². The molecule has 0 saturated carbocycles. The maximum Gasteiger partial charge on any atom is 0.173 e. The first-order chi connectivity index (χ1) is 12.1. The van der Waals surface area contributed by atoms with Crippen LogP contribution >= 0.6 is 12.2 Å². The number of anilines is 1. The number of hydrogen-bond acceptors (Lipinski definition) is 2. The SMILES string of the molecule is COc1ccc(NC(=S)N(Cc2c[nH]c3ccccc23)C(C)C)cc1. The lowest BCUT2D eigenvalue weighted by molar-refractivity contribution is 0.349. The van der Waals surface area contributed by atoms with Gasteiger partial charge in [0.25, 0.3) is 0 Å². The van der Waals surface area contributed by atoms with Crippen LogP contribution < -0.4 is 10.1 Å². The summed E-state index contributed by atoms with van der Waals surface area (Å²) in [5.74, 6) is 0.830. The maximum absolute atomic E-state index is 5.66. The highest BCUT2D eigenvalue weighted by atomic mass is 32.1. The second kappa shape index (κ2) is 7.57. The molecule has 2 aromatic carbocycles. The van der Waals surface area contributed by atoms with Crippen molar-refractivity contribution in [2.75, 3.05) is 12.4 Å². The molecule has 0 radical (unpaired) electrons. The van der Waals surface area contributed by atoms with Gasteiger partial charge < -0.3 is 19.9 Å². The first kappa shape index (κ1) is 17.3. The third-order valence-electron chi connectivity index (χ3n) is 4.24. The van der Waals surface area contributed by atoms with Crippen molar-refractivity contribution in [3.8, 4) is 5.75 Å². The standard InChI is InChI=1S/C20H23N3OS/c1-14(2)23(13-15-12-21-19-7-5-4-6-18(15)19)20(25)22-16-8-10-17(24-3)11-9-16/h4-12,14,21H,13H2,1-3H3,(H,22,25). The fraction of sp³-hybridized carbons (Fsp3) is 0.250. The Labute approximate surface area is 153 Å². The van der Waals surface area contributed by atoms with Crippen LogP contribution in [0.15, 0.2) is 54.7 Å². The van der Waals surface area contributed by atoms with Gasteiger partial charge in [-0.25, -0.2) is 0 Å². The molecule has 5 heteroatoms. The second-order valence-electron chi connectivity index (χ2n) is 6.24. The van der Waals surface area contributed by atoms with Crippen LogP contribution in [0.2, 0.25) is 0 Å². The van der Waals surface area contributed by atoms with E-state index in [1.165, 1.54) is 10.9 Å². The van der Waals surface area contributed by atoms with Crippen molar-refractivity contribution < 1.29 is 4.74 Å². The van der Waals surface area contributed by atoms with E-state index in [0.29, 0.717) is 5.11 Å². The lowest BCUT2D eigenvalue weighted by Crippen LogP contribution is -2.39. The number of fused-ring (bicyclic) bond motifs is 1. The number of para-hydroxylation sites is 1. The van der Waals surface area contributed by atoms with Gasteiger partial charge in [0, 0.05) is 35.4 Å². The van der Waals surface area contributed by atoms with E-state index in [-0.39, 0.29) is 6.04 Å². The zero-order valence-corrected chi connectivity index (χ0v) is 15.6. The van der Waals surface area contributed by atoms with Crippen molar-refractivity contribution in [1.82, 2.24) is 9.88 Å². The van der Waals surface area contributed by atoms with Gasteiger partial charge in [0.05, 0.1) is 7.11 Å². The normalized spacial score (nSPS) is 10.9. The van der Waals surface area contributed by atoms with Gasteiger partial charge in [0.1, 0.15) is 5.75 Å². The van der Waals surface area contributed by atoms with Crippen molar-refractivity contribution in [2.45, 2.75) is 26.4 Å². The fourth-order valence-electron chi connectivity index (χ4n) is 2.80. The van der Waals surface area contributed by atoms with Crippen LogP contribution in [-0.2, 0) is 6.54 Å². The lowest BCUT2D eigenvalue weighted by Gasteiger charge is -2.29. The number of thiocarbonyl (C=S) groups is 1. The molecular formula is C20H23N3OS. The monoisotopic (exact) mass is 353 g/mol. The average Bonchev–Trinajstić information content (AvgIpc) is 3.03. The number of ether oxygens (including phenoxy) is 1. The van der Waals surface area contributed by atoms with E-state index in [1.807, 2.05) is 30.3 Å². The largest absolute Gasteiger partial charge is 0.497 e. The summed E-state index contributed by atoms with van der Waals surface area (Å²) in [5.41, 5.74) is 3.34. The van der Waals surface area contributed by atoms with Gasteiger partial charge >= 0.3 is 0 Å². The van der Waals surface area contributed by atoms with Crippen molar-refractivity contribution in [2.24, 2.45) is 0 Å². The minimum absolute atomic E-state index is 0.284. The molecule has 0 saturated heterocycles. The van der Waals surface area contributed by atoms with Gasteiger partial charge in [-0.2, -0.15) is 0 Å². The molecule has 0 atom stereocenters. The molecule has 0 unspecified atom stereocenters. The fourth-order valence-corrected chi connectivity index (χ4v) is 3.20. The van der Waals surface area contributed by atoms with Gasteiger partial charge in [-0.05, 0) is 62.0 Å². The van der Waals surface area contributed by atoms with Crippen LogP contribution in [0, 0.1) is 0 Å². The first-order valence-electron chi connectivity index (χ1n) is 8.35. The van der Waals surface area contributed by atoms with Crippen LogP contribution in [0.5, 0.6) is 5.75 Å². The summed E-state index contributed by atoms with van der Waals surface area (Å²) in [4.78, 5) is 5.52. The Kier molecular flexibility index (Phi) is 5.24. The molecule has 0 aliphatic carbocycles. The number of aromatic nitrogens is 1. The molecule has 2 N–H and O–H groups in total. The molecular weight excluding hydrogens is 330 g/mol. The van der Waals surface area contributed by atoms with Gasteiger partial charge in [-0.3, -0.25) is 0 Å². The van der Waals surface area contributed by atoms with Gasteiger partial charge in [-0.1, -0.05) is 18.2 Å². The first-order valence-corrected chi connectivity index (χ1v) is 8.76. The number of rotatable bonds is 5. The second-order valence-corrected chi connectivity index (χ2v) is 6.63. The summed E-state index contributed by atoms with van der Waals surface area (Å²) < 4.78 is 5.20. The summed E-state index contributed by atoms with van der Waals surface area (Å²) in [7, 11) is 1.66. The summed E-state index contributed by atoms with van der Waals surface area (Å²) in [6, 6.07) is 16.4. The lowest BCUT2D eigenvalue weighted by atomic mass is 10.1. The van der Waals surface area contributed by atoms with E-state index in [2.05, 4.69) is 53.4 Å². The van der Waals surface area contributed by atoms with E-state index in [4.69, 9.17) is 17.0 Å². The molecule has 3 aromatic rings. The van der Waals surface area contributed by atoms with Crippen LogP contribution in [0.3, 0.4) is 0 Å². The molecule has 1 aromatic heterocycles. The summed E-state index contributed by atoms with van der Waals surface area (Å²) in [6.45, 7) is 5.05. The van der Waals surface area contributed by atoms with Crippen molar-refractivity contribution >= 4 is 33.9 Å². The number of nitrogens with zero attached hydrogens (tertiary/aromatic N) is 1. The number of hydrogen-bond donors (Lipinski definition) is 2. The molecule has 0 amide bonds. The smallest absolute Gasteiger partial charge is 0.173 e. The Balaban J connectivity index is 1.76. The van der Waals surface area contributed by atoms with E-state index in [1.54, 1.807) is 7.11 Å². The third-order valence-corrected chi connectivity index (χ3v) is 4.58. The van der Waals surface area contributed by atoms with E-state index >= 15 is 0 Å². The molecule has 4 nitrogen and oxygen atoms in total.